The van der Waals surface area contributed by atoms with Gasteiger partial charge in [-0.2, -0.15) is 0 Å². The number of fused-ring (bicyclic) bond motifs is 1. The average molecular weight is 305 g/mol. The summed E-state index contributed by atoms with van der Waals surface area (Å²) in [5.41, 5.74) is 3.82. The Morgan fingerprint density at radius 1 is 0.913 bits per heavy atom. The summed E-state index contributed by atoms with van der Waals surface area (Å²) in [6.07, 6.45) is 1.73. The van der Waals surface area contributed by atoms with Crippen LogP contribution >= 0.6 is 0 Å². The van der Waals surface area contributed by atoms with Gasteiger partial charge in [0, 0.05) is 33.9 Å². The van der Waals surface area contributed by atoms with Crippen LogP contribution in [0.5, 0.6) is 0 Å². The van der Waals surface area contributed by atoms with Crippen molar-refractivity contribution >= 4 is 11.5 Å². The van der Waals surface area contributed by atoms with Gasteiger partial charge in [0.1, 0.15) is 0 Å². The molecule has 1 aliphatic heterocycles. The summed E-state index contributed by atoms with van der Waals surface area (Å²) in [7, 11) is 0. The molecule has 0 unspecified atom stereocenters. The van der Waals surface area contributed by atoms with Crippen molar-refractivity contribution in [3.63, 3.8) is 0 Å². The van der Waals surface area contributed by atoms with E-state index in [1.54, 1.807) is 6.08 Å². The monoisotopic (exact) mass is 305 g/mol. The maximum absolute atomic E-state index is 12.6. The van der Waals surface area contributed by atoms with Gasteiger partial charge >= 0.3 is 0 Å². The molecular formula is C21H23NO. The maximum Gasteiger partial charge on any atom is 0.187 e. The molecule has 23 heavy (non-hydrogen) atoms. The fourth-order valence-corrected chi connectivity index (χ4v) is 3.09. The van der Waals surface area contributed by atoms with Crippen LogP contribution < -0.4 is 5.32 Å². The van der Waals surface area contributed by atoms with Crippen LogP contribution in [0.15, 0.2) is 60.7 Å². The quantitative estimate of drug-likeness (QED) is 0.650. The Labute approximate surface area is 138 Å². The van der Waals surface area contributed by atoms with Crippen molar-refractivity contribution in [2.75, 3.05) is 0 Å². The van der Waals surface area contributed by atoms with Crippen LogP contribution in [0.2, 0.25) is 0 Å². The van der Waals surface area contributed by atoms with Gasteiger partial charge in [0.2, 0.25) is 0 Å². The lowest BCUT2D eigenvalue weighted by atomic mass is 9.65. The molecule has 0 radical (unpaired) electrons. The third kappa shape index (κ3) is 2.59. The molecule has 0 aromatic heterocycles. The molecule has 118 valence electrons. The molecule has 2 nitrogen and oxygen atoms in total. The molecule has 1 aliphatic rings. The molecule has 1 heterocycles. The zero-order valence-corrected chi connectivity index (χ0v) is 14.2. The summed E-state index contributed by atoms with van der Waals surface area (Å²) < 4.78 is 0. The molecule has 2 heteroatoms. The van der Waals surface area contributed by atoms with E-state index in [4.69, 9.17) is 0 Å². The summed E-state index contributed by atoms with van der Waals surface area (Å²) in [4.78, 5) is 12.6. The fourth-order valence-electron chi connectivity index (χ4n) is 3.09. The molecule has 0 bridgehead atoms. The first-order valence-corrected chi connectivity index (χ1v) is 8.02. The topological polar surface area (TPSA) is 29.1 Å². The molecule has 2 aromatic carbocycles. The second kappa shape index (κ2) is 5.38. The Bertz CT molecular complexity index is 769. The third-order valence-corrected chi connectivity index (χ3v) is 5.23. The minimum Gasteiger partial charge on any atom is -0.379 e. The van der Waals surface area contributed by atoms with Gasteiger partial charge in [-0.1, -0.05) is 68.4 Å². The van der Waals surface area contributed by atoms with Gasteiger partial charge in [0.25, 0.3) is 0 Å². The molecule has 0 spiro atoms. The van der Waals surface area contributed by atoms with Gasteiger partial charge in [-0.05, 0) is 19.4 Å². The number of carbonyl (C=O) groups excluding carboxylic acids is 1. The Hall–Kier alpha value is -2.35. The first kappa shape index (κ1) is 15.5. The van der Waals surface area contributed by atoms with Crippen LogP contribution in [-0.4, -0.2) is 11.3 Å². The molecule has 0 saturated carbocycles. The van der Waals surface area contributed by atoms with Gasteiger partial charge in [0.15, 0.2) is 5.78 Å². The van der Waals surface area contributed by atoms with Crippen molar-refractivity contribution in [1.82, 2.24) is 5.32 Å². The van der Waals surface area contributed by atoms with Crippen molar-refractivity contribution in [3.05, 3.63) is 77.4 Å². The van der Waals surface area contributed by atoms with Crippen LogP contribution in [0.1, 0.15) is 49.2 Å². The molecule has 2 aromatic rings. The van der Waals surface area contributed by atoms with E-state index in [2.05, 4.69) is 51.2 Å². The number of carbonyl (C=O) groups is 1. The lowest BCUT2D eigenvalue weighted by Gasteiger charge is -2.49. The number of ketones is 1. The van der Waals surface area contributed by atoms with Gasteiger partial charge in [-0.15, -0.1) is 0 Å². The van der Waals surface area contributed by atoms with E-state index in [1.807, 2.05) is 36.4 Å². The van der Waals surface area contributed by atoms with E-state index < -0.39 is 0 Å². The fraction of sp³-hybridized carbons (Fsp3) is 0.286. The van der Waals surface area contributed by atoms with Crippen LogP contribution in [0.25, 0.3) is 5.70 Å². The number of rotatable bonds is 2. The van der Waals surface area contributed by atoms with Crippen LogP contribution in [0.4, 0.5) is 0 Å². The molecule has 1 N–H and O–H groups in total. The first-order chi connectivity index (χ1) is 10.8. The Morgan fingerprint density at radius 3 is 2.22 bits per heavy atom. The van der Waals surface area contributed by atoms with Crippen molar-refractivity contribution in [2.45, 2.75) is 38.6 Å². The summed E-state index contributed by atoms with van der Waals surface area (Å²) in [6, 6.07) is 17.7. The van der Waals surface area contributed by atoms with Crippen LogP contribution in [0.3, 0.4) is 0 Å². The molecular weight excluding hydrogens is 282 g/mol. The van der Waals surface area contributed by atoms with Crippen LogP contribution in [-0.2, 0) is 5.41 Å². The number of benzene rings is 2. The zero-order valence-electron chi connectivity index (χ0n) is 14.2. The highest BCUT2D eigenvalue weighted by Crippen LogP contribution is 2.43. The van der Waals surface area contributed by atoms with E-state index in [1.165, 1.54) is 5.56 Å². The molecule has 0 aliphatic carbocycles. The largest absolute Gasteiger partial charge is 0.379 e. The summed E-state index contributed by atoms with van der Waals surface area (Å²) >= 11 is 0. The third-order valence-electron chi connectivity index (χ3n) is 5.23. The lowest BCUT2D eigenvalue weighted by molar-refractivity contribution is 0.104. The summed E-state index contributed by atoms with van der Waals surface area (Å²) in [5.74, 6) is 0.0263. The van der Waals surface area contributed by atoms with Gasteiger partial charge < -0.3 is 5.32 Å². The van der Waals surface area contributed by atoms with E-state index in [9.17, 15) is 4.79 Å². The molecule has 0 saturated heterocycles. The van der Waals surface area contributed by atoms with E-state index in [-0.39, 0.29) is 16.7 Å². The number of allylic oxidation sites excluding steroid dienone is 1. The summed E-state index contributed by atoms with van der Waals surface area (Å²) in [6.45, 7) is 8.86. The summed E-state index contributed by atoms with van der Waals surface area (Å²) in [5, 5.41) is 3.58. The molecule has 3 rings (SSSR count). The van der Waals surface area contributed by atoms with Crippen LogP contribution in [0, 0.1) is 0 Å². The standard InChI is InChI=1S/C21H23NO/c1-20(2)17-13-9-8-12-16(17)18(22-21(20,3)4)14-19(23)15-10-6-5-7-11-15/h5-14,22H,1-4H3. The Morgan fingerprint density at radius 2 is 1.52 bits per heavy atom. The first-order valence-electron chi connectivity index (χ1n) is 8.02. The normalized spacial score (nSPS) is 19.7. The zero-order chi connectivity index (χ0) is 16.7. The van der Waals surface area contributed by atoms with Gasteiger partial charge in [-0.3, -0.25) is 4.79 Å². The highest BCUT2D eigenvalue weighted by atomic mass is 16.1. The minimum absolute atomic E-state index is 0.0263. The van der Waals surface area contributed by atoms with Crippen molar-refractivity contribution in [2.24, 2.45) is 0 Å². The maximum atomic E-state index is 12.6. The number of hydrogen-bond donors (Lipinski definition) is 1. The van der Waals surface area contributed by atoms with Gasteiger partial charge in [-0.25, -0.2) is 0 Å². The second-order valence-corrected chi connectivity index (χ2v) is 7.21. The number of nitrogens with one attached hydrogen (secondary N) is 1. The predicted molar refractivity (Wildman–Crippen MR) is 95.4 cm³/mol. The SMILES string of the molecule is CC1(C)NC(=CC(=O)c2ccccc2)c2ccccc2C1(C)C. The van der Waals surface area contributed by atoms with E-state index >= 15 is 0 Å². The molecule has 0 atom stereocenters. The molecule has 0 amide bonds. The average Bonchev–Trinajstić information content (AvgIpc) is 2.53. The lowest BCUT2D eigenvalue weighted by Crippen LogP contribution is -2.56. The minimum atomic E-state index is -0.149. The number of hydrogen-bond acceptors (Lipinski definition) is 2. The van der Waals surface area contributed by atoms with Crippen molar-refractivity contribution < 1.29 is 4.79 Å². The van der Waals surface area contributed by atoms with E-state index in [0.29, 0.717) is 5.56 Å². The Kier molecular flexibility index (Phi) is 3.63. The smallest absolute Gasteiger partial charge is 0.187 e. The van der Waals surface area contributed by atoms with E-state index in [0.717, 1.165) is 11.3 Å². The predicted octanol–water partition coefficient (Wildman–Crippen LogP) is 4.57. The van der Waals surface area contributed by atoms with Crippen molar-refractivity contribution in [3.8, 4) is 0 Å². The Balaban J connectivity index is 2.10. The van der Waals surface area contributed by atoms with Gasteiger partial charge in [0.05, 0.1) is 0 Å². The van der Waals surface area contributed by atoms with Crippen molar-refractivity contribution in [1.29, 1.82) is 0 Å². The highest BCUT2D eigenvalue weighted by molar-refractivity contribution is 6.08. The highest BCUT2D eigenvalue weighted by Gasteiger charge is 2.44. The second-order valence-electron chi connectivity index (χ2n) is 7.21. The molecule has 0 fully saturated rings.